The van der Waals surface area contributed by atoms with E-state index >= 15 is 0 Å². The predicted molar refractivity (Wildman–Crippen MR) is 175 cm³/mol. The van der Waals surface area contributed by atoms with Crippen LogP contribution < -0.4 is 0 Å². The molecule has 11 nitrogen and oxygen atoms in total. The third-order valence-electron chi connectivity index (χ3n) is 8.58. The van der Waals surface area contributed by atoms with Gasteiger partial charge in [-0.05, 0) is 57.4 Å². The minimum absolute atomic E-state index is 0.197. The highest BCUT2D eigenvalue weighted by atomic mass is 16.7. The summed E-state index contributed by atoms with van der Waals surface area (Å²) in [6.45, 7) is 9.40. The first-order chi connectivity index (χ1) is 22.1. The smallest absolute Gasteiger partial charge is 0.331 e. The summed E-state index contributed by atoms with van der Waals surface area (Å²) in [5.74, 6) is -5.38. The molecule has 2 saturated heterocycles. The number of unbranched alkanes of at least 4 members (excludes halogenated alkanes) is 1. The van der Waals surface area contributed by atoms with Crippen LogP contribution in [-0.2, 0) is 33.4 Å². The van der Waals surface area contributed by atoms with Crippen molar-refractivity contribution in [2.24, 2.45) is 11.8 Å². The number of hydrogen-bond acceptors (Lipinski definition) is 8. The zero-order chi connectivity index (χ0) is 35.2. The molecule has 7 atom stereocenters. The second kappa shape index (κ2) is 18.5. The lowest BCUT2D eigenvalue weighted by Gasteiger charge is -2.53. The molecule has 11 heteroatoms. The van der Waals surface area contributed by atoms with Gasteiger partial charge in [-0.15, -0.1) is 0 Å². The van der Waals surface area contributed by atoms with Crippen molar-refractivity contribution < 1.29 is 53.8 Å². The van der Waals surface area contributed by atoms with Crippen molar-refractivity contribution in [3.05, 3.63) is 71.9 Å². The fraction of sp³-hybridized carbons (Fsp3) is 0.556. The van der Waals surface area contributed by atoms with E-state index in [0.717, 1.165) is 42.7 Å². The summed E-state index contributed by atoms with van der Waals surface area (Å²) < 4.78 is 19.4. The van der Waals surface area contributed by atoms with Crippen molar-refractivity contribution in [3.63, 3.8) is 0 Å². The third-order valence-corrected chi connectivity index (χ3v) is 8.58. The molecular formula is C36H50O11. The van der Waals surface area contributed by atoms with Gasteiger partial charge in [-0.1, -0.05) is 69.2 Å². The van der Waals surface area contributed by atoms with Gasteiger partial charge < -0.3 is 34.6 Å². The van der Waals surface area contributed by atoms with E-state index < -0.39 is 47.5 Å². The Hall–Kier alpha value is -3.80. The van der Waals surface area contributed by atoms with E-state index in [1.54, 1.807) is 38.2 Å². The molecule has 0 aromatic carbocycles. The lowest BCUT2D eigenvalue weighted by molar-refractivity contribution is -0.344. The van der Waals surface area contributed by atoms with Gasteiger partial charge in [0.05, 0.1) is 12.2 Å². The van der Waals surface area contributed by atoms with Crippen molar-refractivity contribution in [1.29, 1.82) is 0 Å². The fourth-order valence-corrected chi connectivity index (χ4v) is 5.69. The number of allylic oxidation sites excluding steroid dienone is 4. The molecule has 4 N–H and O–H groups in total. The molecule has 2 aliphatic heterocycles. The van der Waals surface area contributed by atoms with Crippen LogP contribution in [0.25, 0.3) is 0 Å². The van der Waals surface area contributed by atoms with Crippen LogP contribution in [0.1, 0.15) is 86.0 Å². The number of esters is 1. The molecule has 2 heterocycles. The number of carboxylic acids is 3. The highest BCUT2D eigenvalue weighted by Crippen LogP contribution is 2.48. The second-order valence-corrected chi connectivity index (χ2v) is 12.6. The number of ether oxygens (including phenoxy) is 3. The van der Waals surface area contributed by atoms with Gasteiger partial charge in [0.2, 0.25) is 0 Å². The van der Waals surface area contributed by atoms with Gasteiger partial charge in [0.1, 0.15) is 11.7 Å². The maximum atomic E-state index is 12.8. The molecule has 0 saturated carbocycles. The molecule has 0 aromatic rings. The Morgan fingerprint density at radius 2 is 1.60 bits per heavy atom. The van der Waals surface area contributed by atoms with Gasteiger partial charge in [-0.3, -0.25) is 0 Å². The molecular weight excluding hydrogens is 608 g/mol. The Kier molecular flexibility index (Phi) is 15.5. The van der Waals surface area contributed by atoms with Crippen LogP contribution in [0.3, 0.4) is 0 Å². The van der Waals surface area contributed by atoms with Crippen LogP contribution in [0.5, 0.6) is 0 Å². The zero-order valence-corrected chi connectivity index (χ0v) is 28.0. The summed E-state index contributed by atoms with van der Waals surface area (Å²) in [4.78, 5) is 45.8. The van der Waals surface area contributed by atoms with E-state index in [4.69, 9.17) is 24.4 Å². The summed E-state index contributed by atoms with van der Waals surface area (Å²) in [5, 5.41) is 37.4. The standard InChI is InChI=1S/C36H50O11/c1-6-7-19-35(47-34(44)17-16-32(40)41)21-22-36(46-30(35)14-10-25(3)23-33(42)43)20-18-27(5)29(45-36)13-9-24(2)8-12-28(37)26(4)11-15-31(38)39/h8-12,14-17,23,26-30,37H,6-7,13,18-22H2,1-5H3,(H,38,39)(H,40,41)(H,42,43). The van der Waals surface area contributed by atoms with Gasteiger partial charge in [0.15, 0.2) is 5.79 Å². The number of carbonyl (C=O) groups excluding carboxylic acids is 1. The molecule has 0 aliphatic carbocycles. The number of aliphatic hydroxyl groups is 1. The summed E-state index contributed by atoms with van der Waals surface area (Å²) in [7, 11) is 0. The topological polar surface area (TPSA) is 177 Å². The van der Waals surface area contributed by atoms with Gasteiger partial charge in [0, 0.05) is 43.1 Å². The number of aliphatic hydroxyl groups excluding tert-OH is 1. The van der Waals surface area contributed by atoms with Crippen LogP contribution >= 0.6 is 0 Å². The Morgan fingerprint density at radius 1 is 0.894 bits per heavy atom. The minimum Gasteiger partial charge on any atom is -0.478 e. The lowest BCUT2D eigenvalue weighted by Crippen LogP contribution is -2.59. The van der Waals surface area contributed by atoms with E-state index in [-0.39, 0.29) is 17.9 Å². The van der Waals surface area contributed by atoms with E-state index in [1.165, 1.54) is 6.08 Å². The molecule has 2 rings (SSSR count). The third kappa shape index (κ3) is 13.1. The second-order valence-electron chi connectivity index (χ2n) is 12.6. The molecule has 0 bridgehead atoms. The normalized spacial score (nSPS) is 28.8. The number of carboxylic acid groups (broad SMARTS) is 3. The van der Waals surface area contributed by atoms with Crippen molar-refractivity contribution in [1.82, 2.24) is 0 Å². The highest BCUT2D eigenvalue weighted by Gasteiger charge is 2.54. The maximum absolute atomic E-state index is 12.8. The maximum Gasteiger partial charge on any atom is 0.331 e. The largest absolute Gasteiger partial charge is 0.478 e. The fourth-order valence-electron chi connectivity index (χ4n) is 5.69. The number of hydrogen-bond donors (Lipinski definition) is 4. The lowest BCUT2D eigenvalue weighted by atomic mass is 9.78. The van der Waals surface area contributed by atoms with Crippen molar-refractivity contribution in [2.75, 3.05) is 0 Å². The van der Waals surface area contributed by atoms with Crippen LogP contribution in [0, 0.1) is 11.8 Å². The molecule has 7 unspecified atom stereocenters. The van der Waals surface area contributed by atoms with E-state index in [9.17, 15) is 29.4 Å². The quantitative estimate of drug-likeness (QED) is 0.0881. The van der Waals surface area contributed by atoms with Crippen LogP contribution in [0.4, 0.5) is 0 Å². The first-order valence-corrected chi connectivity index (χ1v) is 16.1. The Morgan fingerprint density at radius 3 is 2.23 bits per heavy atom. The molecule has 0 radical (unpaired) electrons. The molecule has 2 fully saturated rings. The van der Waals surface area contributed by atoms with Crippen LogP contribution in [0.2, 0.25) is 0 Å². The monoisotopic (exact) mass is 658 g/mol. The number of rotatable bonds is 16. The Bertz CT molecular complexity index is 1290. The molecule has 0 aromatic heterocycles. The van der Waals surface area contributed by atoms with E-state index in [1.807, 2.05) is 19.9 Å². The summed E-state index contributed by atoms with van der Waals surface area (Å²) >= 11 is 0. The zero-order valence-electron chi connectivity index (χ0n) is 28.0. The van der Waals surface area contributed by atoms with Gasteiger partial charge in [-0.25, -0.2) is 19.2 Å². The predicted octanol–water partition coefficient (Wildman–Crippen LogP) is 5.91. The first kappa shape index (κ1) is 39.4. The molecule has 260 valence electrons. The van der Waals surface area contributed by atoms with Crippen molar-refractivity contribution >= 4 is 23.9 Å². The minimum atomic E-state index is -1.27. The van der Waals surface area contributed by atoms with E-state index in [2.05, 4.69) is 6.92 Å². The Balaban J connectivity index is 2.33. The highest BCUT2D eigenvalue weighted by molar-refractivity contribution is 5.91. The summed E-state index contributed by atoms with van der Waals surface area (Å²) in [6, 6.07) is 0. The average Bonchev–Trinajstić information content (AvgIpc) is 3.01. The first-order valence-electron chi connectivity index (χ1n) is 16.1. The van der Waals surface area contributed by atoms with Crippen LogP contribution in [0.15, 0.2) is 71.9 Å². The molecule has 1 spiro atoms. The molecule has 2 aliphatic rings. The van der Waals surface area contributed by atoms with Crippen molar-refractivity contribution in [2.45, 2.75) is 116 Å². The van der Waals surface area contributed by atoms with Crippen molar-refractivity contribution in [3.8, 4) is 0 Å². The molecule has 47 heavy (non-hydrogen) atoms. The molecule has 0 amide bonds. The Labute approximate surface area is 277 Å². The van der Waals surface area contributed by atoms with Gasteiger partial charge in [-0.2, -0.15) is 0 Å². The summed E-state index contributed by atoms with van der Waals surface area (Å²) in [6.07, 6.45) is 16.8. The average molecular weight is 659 g/mol. The SMILES string of the molecule is CCCCC1(OC(=O)C=CC(=O)O)CCC2(CCC(C)C(CC=C(C)C=CC(O)C(C)C=CC(=O)O)O2)OC1C=CC(C)=CC(=O)O. The van der Waals surface area contributed by atoms with Crippen LogP contribution in [-0.4, -0.2) is 74.0 Å². The van der Waals surface area contributed by atoms with Gasteiger partial charge >= 0.3 is 23.9 Å². The van der Waals surface area contributed by atoms with Gasteiger partial charge in [0.25, 0.3) is 0 Å². The number of aliphatic carboxylic acids is 3. The summed E-state index contributed by atoms with van der Waals surface area (Å²) in [5.41, 5.74) is 0.242. The number of carbonyl (C=O) groups is 4. The van der Waals surface area contributed by atoms with E-state index in [0.29, 0.717) is 44.1 Å².